The normalized spacial score (nSPS) is 30.2. The van der Waals surface area contributed by atoms with Gasteiger partial charge in [0.15, 0.2) is 11.5 Å². The van der Waals surface area contributed by atoms with Gasteiger partial charge < -0.3 is 22.1 Å². The summed E-state index contributed by atoms with van der Waals surface area (Å²) in [5.74, 6) is 0.420. The number of nitrogens with one attached hydrogen (secondary N) is 3. The van der Waals surface area contributed by atoms with Crippen molar-refractivity contribution in [2.75, 3.05) is 18.9 Å². The molecule has 8 heteroatoms. The third-order valence-corrected chi connectivity index (χ3v) is 8.40. The summed E-state index contributed by atoms with van der Waals surface area (Å²) in [5, 5.41) is 13.5. The first-order valence-electron chi connectivity index (χ1n) is 12.4. The van der Waals surface area contributed by atoms with Crippen molar-refractivity contribution in [3.8, 4) is 0 Å². The molecule has 7 N–H and O–H groups in total. The monoisotopic (exact) mass is 455 g/mol. The molecule has 1 aromatic carbocycles. The number of hydrogen-bond donors (Lipinski definition) is 5. The van der Waals surface area contributed by atoms with Crippen LogP contribution < -0.4 is 22.1 Å². The van der Waals surface area contributed by atoms with Gasteiger partial charge in [-0.1, -0.05) is 44.2 Å². The number of anilines is 1. The molecule has 4 rings (SSSR count). The van der Waals surface area contributed by atoms with Crippen molar-refractivity contribution in [2.24, 2.45) is 23.3 Å². The highest BCUT2D eigenvalue weighted by atomic mass is 16.2. The number of nitrogens with zero attached hydrogens (tertiary/aromatic N) is 1. The molecule has 3 fully saturated rings. The molecule has 2 amide bonds. The molecule has 1 saturated heterocycles. The van der Waals surface area contributed by atoms with Crippen LogP contribution in [0.5, 0.6) is 0 Å². The molecule has 33 heavy (non-hydrogen) atoms. The molecule has 4 atom stereocenters. The van der Waals surface area contributed by atoms with E-state index in [4.69, 9.17) is 16.9 Å². The van der Waals surface area contributed by atoms with Crippen molar-refractivity contribution in [3.05, 3.63) is 29.8 Å². The maximum absolute atomic E-state index is 14.3. The zero-order valence-electron chi connectivity index (χ0n) is 19.7. The Labute approximate surface area is 196 Å². The first kappa shape index (κ1) is 23.7. The number of piperidine rings is 1. The van der Waals surface area contributed by atoms with E-state index in [1.54, 1.807) is 0 Å². The number of quaternary nitrogens is 1. The minimum Gasteiger partial charge on any atom is -0.370 e. The van der Waals surface area contributed by atoms with Crippen LogP contribution in [0, 0.1) is 17.2 Å². The molecule has 0 aromatic heterocycles. The number of likely N-dealkylation sites (N-methyl/N-ethyl adjacent to an activating group) is 1. The number of guanidine groups is 1. The number of nitrogens with two attached hydrogens (primary N) is 2. The fourth-order valence-electron chi connectivity index (χ4n) is 6.66. The van der Waals surface area contributed by atoms with Crippen molar-refractivity contribution < 1.29 is 14.1 Å². The number of likely N-dealkylation sites (tertiary alicyclic amines) is 1. The third-order valence-electron chi connectivity index (χ3n) is 8.40. The van der Waals surface area contributed by atoms with Crippen LogP contribution >= 0.6 is 0 Å². The summed E-state index contributed by atoms with van der Waals surface area (Å²) in [5.41, 5.74) is 12.4. The van der Waals surface area contributed by atoms with Gasteiger partial charge in [0.2, 0.25) is 0 Å². The van der Waals surface area contributed by atoms with Gasteiger partial charge in [-0.05, 0) is 44.4 Å². The van der Waals surface area contributed by atoms with E-state index in [0.717, 1.165) is 30.5 Å². The highest BCUT2D eigenvalue weighted by Crippen LogP contribution is 2.59. The second kappa shape index (κ2) is 9.43. The second-order valence-corrected chi connectivity index (χ2v) is 10.3. The largest absolute Gasteiger partial charge is 0.370 e. The summed E-state index contributed by atoms with van der Waals surface area (Å²) in [6.07, 6.45) is 9.55. The average molecular weight is 456 g/mol. The number of fused-ring (bicyclic) bond motifs is 1. The molecule has 1 aromatic rings. The van der Waals surface area contributed by atoms with Crippen LogP contribution in [0.25, 0.3) is 0 Å². The quantitative estimate of drug-likeness (QED) is 0.233. The van der Waals surface area contributed by atoms with Crippen molar-refractivity contribution in [3.63, 3.8) is 0 Å². The SMILES string of the molecule is CN[C@H](CC1CCCCC1)C(=O)[N+]1(Cc2ccc(NC(=N)N)cc2)CCC[C@@H]2C[C@@]21C(N)=O. The van der Waals surface area contributed by atoms with Crippen LogP contribution in [0.1, 0.15) is 63.4 Å². The Balaban J connectivity index is 1.65. The second-order valence-electron chi connectivity index (χ2n) is 10.3. The van der Waals surface area contributed by atoms with E-state index in [2.05, 4.69) is 10.6 Å². The lowest BCUT2D eigenvalue weighted by molar-refractivity contribution is -0.900. The maximum Gasteiger partial charge on any atom is 0.331 e. The van der Waals surface area contributed by atoms with E-state index in [9.17, 15) is 9.59 Å². The summed E-state index contributed by atoms with van der Waals surface area (Å²) in [6.45, 7) is 1.11. The highest BCUT2D eigenvalue weighted by molar-refractivity contribution is 5.91. The Kier molecular flexibility index (Phi) is 6.77. The zero-order valence-corrected chi connectivity index (χ0v) is 19.7. The molecule has 2 aliphatic carbocycles. The zero-order chi connectivity index (χ0) is 23.6. The van der Waals surface area contributed by atoms with Gasteiger partial charge in [-0.15, -0.1) is 0 Å². The standard InChI is InChI=1S/C25H38N6O2/c1-29-21(14-17-6-3-2-4-7-17)22(32)31(13-5-8-19-15-25(19,31)23(26)33)16-18-9-11-20(12-10-18)30-24(27)28/h9-12,17,19,21,29H,2-8,13-16H2,1H3,(H5-,26,27,28,30,33)/p+1/t19-,21-,25+,31?/m1/s1. The summed E-state index contributed by atoms with van der Waals surface area (Å²) in [7, 11) is 1.87. The van der Waals surface area contributed by atoms with E-state index < -0.39 is 5.54 Å². The summed E-state index contributed by atoms with van der Waals surface area (Å²) >= 11 is 0. The van der Waals surface area contributed by atoms with Gasteiger partial charge in [-0.25, -0.2) is 9.28 Å². The molecule has 2 saturated carbocycles. The molecular weight excluding hydrogens is 416 g/mol. The van der Waals surface area contributed by atoms with Crippen LogP contribution in [0.4, 0.5) is 5.69 Å². The van der Waals surface area contributed by atoms with Crippen molar-refractivity contribution >= 4 is 23.5 Å². The predicted octanol–water partition coefficient (Wildman–Crippen LogP) is 2.43. The number of rotatable bonds is 8. The van der Waals surface area contributed by atoms with Crippen LogP contribution in [0.3, 0.4) is 0 Å². The van der Waals surface area contributed by atoms with Gasteiger partial charge in [0.1, 0.15) is 12.6 Å². The number of carbonyl (C=O) groups is 2. The molecule has 0 bridgehead atoms. The average Bonchev–Trinajstić information content (AvgIpc) is 3.56. The first-order chi connectivity index (χ1) is 15.8. The van der Waals surface area contributed by atoms with Crippen LogP contribution in [0.2, 0.25) is 0 Å². The van der Waals surface area contributed by atoms with Gasteiger partial charge in [0, 0.05) is 23.6 Å². The predicted molar refractivity (Wildman–Crippen MR) is 129 cm³/mol. The maximum atomic E-state index is 14.3. The van der Waals surface area contributed by atoms with Crippen molar-refractivity contribution in [2.45, 2.75) is 75.9 Å². The van der Waals surface area contributed by atoms with E-state index in [0.29, 0.717) is 25.4 Å². The molecule has 0 spiro atoms. The minimum atomic E-state index is -0.784. The Morgan fingerprint density at radius 1 is 1.12 bits per heavy atom. The lowest BCUT2D eigenvalue weighted by Crippen LogP contribution is -2.70. The smallest absolute Gasteiger partial charge is 0.331 e. The molecule has 180 valence electrons. The van der Waals surface area contributed by atoms with Gasteiger partial charge >= 0.3 is 5.91 Å². The molecule has 3 aliphatic rings. The van der Waals surface area contributed by atoms with E-state index in [1.165, 1.54) is 32.1 Å². The Bertz CT molecular complexity index is 897. The lowest BCUT2D eigenvalue weighted by Gasteiger charge is -2.46. The van der Waals surface area contributed by atoms with Crippen molar-refractivity contribution in [1.82, 2.24) is 5.32 Å². The first-order valence-corrected chi connectivity index (χ1v) is 12.4. The number of amides is 2. The van der Waals surface area contributed by atoms with Gasteiger partial charge in [0.05, 0.1) is 6.54 Å². The third kappa shape index (κ3) is 4.38. The van der Waals surface area contributed by atoms with Gasteiger partial charge in [0.25, 0.3) is 5.91 Å². The van der Waals surface area contributed by atoms with Gasteiger partial charge in [-0.3, -0.25) is 10.2 Å². The molecule has 1 unspecified atom stereocenters. The fourth-order valence-corrected chi connectivity index (χ4v) is 6.66. The van der Waals surface area contributed by atoms with Gasteiger partial charge in [-0.2, -0.15) is 0 Å². The van der Waals surface area contributed by atoms with Crippen LogP contribution in [0.15, 0.2) is 24.3 Å². The Morgan fingerprint density at radius 3 is 2.42 bits per heavy atom. The number of hydrogen-bond acceptors (Lipinski definition) is 4. The molecule has 1 heterocycles. The van der Waals surface area contributed by atoms with Crippen molar-refractivity contribution in [1.29, 1.82) is 5.41 Å². The Morgan fingerprint density at radius 2 is 1.82 bits per heavy atom. The number of carbonyl (C=O) groups excluding carboxylic acids is 2. The highest BCUT2D eigenvalue weighted by Gasteiger charge is 2.76. The molecular formula is C25H39N6O2+. The topological polar surface area (TPSA) is 134 Å². The molecule has 0 radical (unpaired) electrons. The molecule has 8 nitrogen and oxygen atoms in total. The van der Waals surface area contributed by atoms with Crippen LogP contribution in [-0.4, -0.2) is 47.4 Å². The lowest BCUT2D eigenvalue weighted by atomic mass is 9.83. The summed E-state index contributed by atoms with van der Waals surface area (Å²) < 4.78 is 0.130. The minimum absolute atomic E-state index is 0.120. The Hall–Kier alpha value is -2.45. The number of benzene rings is 1. The number of primary amides is 1. The van der Waals surface area contributed by atoms with E-state index >= 15 is 0 Å². The van der Waals surface area contributed by atoms with E-state index in [1.807, 2.05) is 31.3 Å². The molecule has 1 aliphatic heterocycles. The summed E-state index contributed by atoms with van der Waals surface area (Å²) in [6, 6.07) is 7.35. The fraction of sp³-hybridized carbons (Fsp3) is 0.640. The van der Waals surface area contributed by atoms with Crippen LogP contribution in [-0.2, 0) is 16.1 Å². The van der Waals surface area contributed by atoms with E-state index in [-0.39, 0.29) is 34.2 Å². The summed E-state index contributed by atoms with van der Waals surface area (Å²) in [4.78, 5) is 27.2.